The number of nitrogens with one attached hydrogen (secondary N) is 1. The highest BCUT2D eigenvalue weighted by atomic mass is 32.1. The van der Waals surface area contributed by atoms with Gasteiger partial charge in [-0.05, 0) is 32.7 Å². The van der Waals surface area contributed by atoms with Gasteiger partial charge in [0.15, 0.2) is 5.13 Å². The highest BCUT2D eigenvalue weighted by Gasteiger charge is 2.20. The van der Waals surface area contributed by atoms with E-state index in [-0.39, 0.29) is 0 Å². The lowest BCUT2D eigenvalue weighted by Crippen LogP contribution is -2.33. The maximum Gasteiger partial charge on any atom is 0.185 e. The Hall–Kier alpha value is -0.610. The van der Waals surface area contributed by atoms with E-state index < -0.39 is 0 Å². The molecule has 1 unspecified atom stereocenters. The van der Waals surface area contributed by atoms with Gasteiger partial charge < -0.3 is 10.2 Å². The quantitative estimate of drug-likeness (QED) is 0.894. The van der Waals surface area contributed by atoms with Gasteiger partial charge in [-0.1, -0.05) is 13.3 Å². The molecule has 0 saturated carbocycles. The van der Waals surface area contributed by atoms with Crippen LogP contribution in [0.25, 0.3) is 0 Å². The minimum atomic E-state index is 0.355. The molecular weight excluding hydrogens is 230 g/mol. The second-order valence-electron chi connectivity index (χ2n) is 4.90. The first-order valence-corrected chi connectivity index (χ1v) is 7.50. The molecule has 1 aromatic rings. The lowest BCUT2D eigenvalue weighted by atomic mass is 9.95. The van der Waals surface area contributed by atoms with E-state index in [0.29, 0.717) is 6.04 Å². The topological polar surface area (TPSA) is 28.2 Å². The van der Waals surface area contributed by atoms with E-state index in [1.807, 2.05) is 7.05 Å². The Labute approximate surface area is 108 Å². The molecule has 0 spiro atoms. The van der Waals surface area contributed by atoms with Gasteiger partial charge in [0, 0.05) is 24.5 Å². The molecule has 1 N–H and O–H groups in total. The van der Waals surface area contributed by atoms with E-state index in [1.54, 1.807) is 11.3 Å². The zero-order chi connectivity index (χ0) is 12.3. The van der Waals surface area contributed by atoms with Crippen molar-refractivity contribution in [3.05, 3.63) is 11.1 Å². The van der Waals surface area contributed by atoms with Crippen molar-refractivity contribution in [2.75, 3.05) is 25.0 Å². The van der Waals surface area contributed by atoms with Crippen LogP contribution in [-0.2, 0) is 0 Å². The molecule has 17 heavy (non-hydrogen) atoms. The van der Waals surface area contributed by atoms with Crippen molar-refractivity contribution in [3.8, 4) is 0 Å². The largest absolute Gasteiger partial charge is 0.348 e. The molecule has 1 aliphatic heterocycles. The molecule has 0 amide bonds. The lowest BCUT2D eigenvalue weighted by molar-refractivity contribution is 0.394. The van der Waals surface area contributed by atoms with Crippen LogP contribution in [0.2, 0.25) is 0 Å². The first-order valence-electron chi connectivity index (χ1n) is 6.62. The van der Waals surface area contributed by atoms with E-state index >= 15 is 0 Å². The molecule has 0 aromatic carbocycles. The van der Waals surface area contributed by atoms with E-state index in [1.165, 1.54) is 43.2 Å². The van der Waals surface area contributed by atoms with Gasteiger partial charge in [0.2, 0.25) is 0 Å². The fourth-order valence-electron chi connectivity index (χ4n) is 2.30. The van der Waals surface area contributed by atoms with E-state index in [0.717, 1.165) is 5.92 Å². The summed E-state index contributed by atoms with van der Waals surface area (Å²) >= 11 is 1.78. The van der Waals surface area contributed by atoms with Gasteiger partial charge >= 0.3 is 0 Å². The predicted octanol–water partition coefficient (Wildman–Crippen LogP) is 3.05. The highest BCUT2D eigenvalue weighted by molar-refractivity contribution is 7.13. The molecule has 1 fully saturated rings. The second-order valence-corrected chi connectivity index (χ2v) is 5.74. The molecule has 0 aliphatic carbocycles. The average molecular weight is 253 g/mol. The summed E-state index contributed by atoms with van der Waals surface area (Å²) in [5.74, 6) is 0.932. The van der Waals surface area contributed by atoms with Crippen molar-refractivity contribution in [1.29, 1.82) is 0 Å². The molecule has 0 radical (unpaired) electrons. The molecule has 1 aromatic heterocycles. The first kappa shape index (κ1) is 12.8. The van der Waals surface area contributed by atoms with Crippen LogP contribution < -0.4 is 10.2 Å². The fraction of sp³-hybridized carbons (Fsp3) is 0.769. The Morgan fingerprint density at radius 1 is 1.53 bits per heavy atom. The number of nitrogens with zero attached hydrogens (tertiary/aromatic N) is 2. The monoisotopic (exact) mass is 253 g/mol. The van der Waals surface area contributed by atoms with Crippen molar-refractivity contribution >= 4 is 16.5 Å². The minimum absolute atomic E-state index is 0.355. The molecule has 1 aliphatic rings. The van der Waals surface area contributed by atoms with Gasteiger partial charge in [0.05, 0.1) is 5.69 Å². The normalized spacial score (nSPS) is 19.6. The lowest BCUT2D eigenvalue weighted by Gasteiger charge is -2.31. The SMILES string of the molecule is CCC1CCN(c2nc(C(C)NC)cs2)CC1. The third kappa shape index (κ3) is 2.99. The zero-order valence-electron chi connectivity index (χ0n) is 11.1. The van der Waals surface area contributed by atoms with Gasteiger partial charge in [-0.25, -0.2) is 4.98 Å². The van der Waals surface area contributed by atoms with Gasteiger partial charge in [-0.15, -0.1) is 11.3 Å². The van der Waals surface area contributed by atoms with Crippen LogP contribution in [0, 0.1) is 5.92 Å². The summed E-state index contributed by atoms with van der Waals surface area (Å²) in [6, 6.07) is 0.355. The molecule has 1 saturated heterocycles. The first-order chi connectivity index (χ1) is 8.24. The third-order valence-corrected chi connectivity index (χ3v) is 4.77. The summed E-state index contributed by atoms with van der Waals surface area (Å²) < 4.78 is 0. The smallest absolute Gasteiger partial charge is 0.185 e. The Bertz CT molecular complexity index is 342. The molecule has 2 heterocycles. The van der Waals surface area contributed by atoms with E-state index in [9.17, 15) is 0 Å². The average Bonchev–Trinajstić information content (AvgIpc) is 2.87. The van der Waals surface area contributed by atoms with E-state index in [4.69, 9.17) is 4.98 Å². The minimum Gasteiger partial charge on any atom is -0.348 e. The summed E-state index contributed by atoms with van der Waals surface area (Å²) in [5, 5.41) is 6.63. The number of aromatic nitrogens is 1. The standard InChI is InChI=1S/C13H23N3S/c1-4-11-5-7-16(8-6-11)13-15-12(9-17-13)10(2)14-3/h9-11,14H,4-8H2,1-3H3. The van der Waals surface area contributed by atoms with Crippen molar-refractivity contribution in [1.82, 2.24) is 10.3 Å². The maximum absolute atomic E-state index is 4.74. The molecule has 1 atom stereocenters. The van der Waals surface area contributed by atoms with Crippen molar-refractivity contribution < 1.29 is 0 Å². The fourth-order valence-corrected chi connectivity index (χ4v) is 3.27. The van der Waals surface area contributed by atoms with Crippen LogP contribution >= 0.6 is 11.3 Å². The van der Waals surface area contributed by atoms with Crippen LogP contribution in [0.3, 0.4) is 0 Å². The third-order valence-electron chi connectivity index (χ3n) is 3.85. The molecule has 0 bridgehead atoms. The number of thiazole rings is 1. The number of rotatable bonds is 4. The highest BCUT2D eigenvalue weighted by Crippen LogP contribution is 2.28. The number of anilines is 1. The Morgan fingerprint density at radius 2 is 2.24 bits per heavy atom. The maximum atomic E-state index is 4.74. The Morgan fingerprint density at radius 3 is 2.82 bits per heavy atom. The molecule has 2 rings (SSSR count). The summed E-state index contributed by atoms with van der Waals surface area (Å²) in [6.45, 7) is 6.82. The van der Waals surface area contributed by atoms with Gasteiger partial charge in [-0.3, -0.25) is 0 Å². The van der Waals surface area contributed by atoms with Crippen LogP contribution in [-0.4, -0.2) is 25.1 Å². The molecule has 96 valence electrons. The van der Waals surface area contributed by atoms with Crippen molar-refractivity contribution in [2.45, 2.75) is 39.2 Å². The Balaban J connectivity index is 1.97. The zero-order valence-corrected chi connectivity index (χ0v) is 11.9. The predicted molar refractivity (Wildman–Crippen MR) is 74.8 cm³/mol. The van der Waals surface area contributed by atoms with Crippen LogP contribution in [0.1, 0.15) is 44.8 Å². The van der Waals surface area contributed by atoms with E-state index in [2.05, 4.69) is 29.4 Å². The summed E-state index contributed by atoms with van der Waals surface area (Å²) in [6.07, 6.45) is 3.98. The van der Waals surface area contributed by atoms with Gasteiger partial charge in [0.1, 0.15) is 0 Å². The van der Waals surface area contributed by atoms with Crippen LogP contribution in [0.15, 0.2) is 5.38 Å². The van der Waals surface area contributed by atoms with Crippen molar-refractivity contribution in [2.24, 2.45) is 5.92 Å². The number of hydrogen-bond acceptors (Lipinski definition) is 4. The van der Waals surface area contributed by atoms with Crippen LogP contribution in [0.5, 0.6) is 0 Å². The molecule has 4 heteroatoms. The van der Waals surface area contributed by atoms with Crippen molar-refractivity contribution in [3.63, 3.8) is 0 Å². The summed E-state index contributed by atoms with van der Waals surface area (Å²) in [5.41, 5.74) is 1.17. The Kier molecular flexibility index (Phi) is 4.40. The number of hydrogen-bond donors (Lipinski definition) is 1. The second kappa shape index (κ2) is 5.83. The molecular formula is C13H23N3S. The van der Waals surface area contributed by atoms with Crippen LogP contribution in [0.4, 0.5) is 5.13 Å². The van der Waals surface area contributed by atoms with Gasteiger partial charge in [0.25, 0.3) is 0 Å². The molecule has 3 nitrogen and oxygen atoms in total. The summed E-state index contributed by atoms with van der Waals surface area (Å²) in [7, 11) is 1.98. The number of piperidine rings is 1. The van der Waals surface area contributed by atoms with Gasteiger partial charge in [-0.2, -0.15) is 0 Å². The summed E-state index contributed by atoms with van der Waals surface area (Å²) in [4.78, 5) is 7.18.